The van der Waals surface area contributed by atoms with Crippen molar-refractivity contribution >= 4 is 5.69 Å². The van der Waals surface area contributed by atoms with E-state index in [4.69, 9.17) is 5.26 Å². The molecular weight excluding hydrogens is 215 g/mol. The van der Waals surface area contributed by atoms with E-state index in [0.717, 1.165) is 18.8 Å². The molecule has 1 saturated heterocycles. The van der Waals surface area contributed by atoms with Crippen molar-refractivity contribution in [1.29, 1.82) is 5.26 Å². The summed E-state index contributed by atoms with van der Waals surface area (Å²) in [5, 5.41) is 8.57. The standard InChI is InChI=1S/C14H17FN2/c15-14-11-13(6-5-12(14)7-8-16)17-9-3-1-2-4-10-17/h5-6,11H,1-4,7,9-10H2. The molecule has 1 aromatic rings. The summed E-state index contributed by atoms with van der Waals surface area (Å²) in [6.07, 6.45) is 5.05. The van der Waals surface area contributed by atoms with Crippen LogP contribution in [0.5, 0.6) is 0 Å². The molecule has 0 N–H and O–H groups in total. The number of benzene rings is 1. The smallest absolute Gasteiger partial charge is 0.129 e. The maximum Gasteiger partial charge on any atom is 0.129 e. The van der Waals surface area contributed by atoms with Gasteiger partial charge in [0.25, 0.3) is 0 Å². The topological polar surface area (TPSA) is 27.0 Å². The highest BCUT2D eigenvalue weighted by molar-refractivity contribution is 5.48. The average molecular weight is 232 g/mol. The highest BCUT2D eigenvalue weighted by atomic mass is 19.1. The summed E-state index contributed by atoms with van der Waals surface area (Å²) in [6, 6.07) is 7.21. The van der Waals surface area contributed by atoms with Gasteiger partial charge < -0.3 is 4.90 Å². The van der Waals surface area contributed by atoms with E-state index in [1.165, 1.54) is 25.7 Å². The summed E-state index contributed by atoms with van der Waals surface area (Å²) >= 11 is 0. The SMILES string of the molecule is N#CCc1ccc(N2CCCCCC2)cc1F. The summed E-state index contributed by atoms with van der Waals surface area (Å²) in [5.74, 6) is -0.256. The normalized spacial score (nSPS) is 16.4. The molecule has 0 saturated carbocycles. The number of rotatable bonds is 2. The van der Waals surface area contributed by atoms with E-state index in [1.807, 2.05) is 12.1 Å². The first-order valence-corrected chi connectivity index (χ1v) is 6.21. The van der Waals surface area contributed by atoms with Gasteiger partial charge in [-0.1, -0.05) is 18.9 Å². The molecule has 0 unspecified atom stereocenters. The van der Waals surface area contributed by atoms with E-state index >= 15 is 0 Å². The lowest BCUT2D eigenvalue weighted by molar-refractivity contribution is 0.614. The van der Waals surface area contributed by atoms with Gasteiger partial charge in [-0.3, -0.25) is 0 Å². The van der Waals surface area contributed by atoms with Crippen LogP contribution in [0.1, 0.15) is 31.2 Å². The highest BCUT2D eigenvalue weighted by Gasteiger charge is 2.11. The Labute approximate surface area is 102 Å². The third kappa shape index (κ3) is 2.97. The van der Waals surface area contributed by atoms with Gasteiger partial charge in [-0.25, -0.2) is 4.39 Å². The van der Waals surface area contributed by atoms with E-state index in [0.29, 0.717) is 5.56 Å². The van der Waals surface area contributed by atoms with Crippen molar-refractivity contribution in [3.63, 3.8) is 0 Å². The molecule has 17 heavy (non-hydrogen) atoms. The number of hydrogen-bond donors (Lipinski definition) is 0. The Morgan fingerprint density at radius 3 is 2.47 bits per heavy atom. The maximum atomic E-state index is 13.7. The van der Waals surface area contributed by atoms with Gasteiger partial charge in [0.05, 0.1) is 12.5 Å². The summed E-state index contributed by atoms with van der Waals surface area (Å²) in [4.78, 5) is 2.24. The minimum absolute atomic E-state index is 0.145. The fourth-order valence-corrected chi connectivity index (χ4v) is 2.29. The van der Waals surface area contributed by atoms with Crippen LogP contribution >= 0.6 is 0 Å². The Morgan fingerprint density at radius 1 is 1.18 bits per heavy atom. The minimum atomic E-state index is -0.256. The molecule has 0 aromatic heterocycles. The molecular formula is C14H17FN2. The van der Waals surface area contributed by atoms with Gasteiger partial charge in [-0.2, -0.15) is 5.26 Å². The van der Waals surface area contributed by atoms with Crippen LogP contribution in [0, 0.1) is 17.1 Å². The lowest BCUT2D eigenvalue weighted by Gasteiger charge is -2.22. The molecule has 1 fully saturated rings. The van der Waals surface area contributed by atoms with E-state index in [1.54, 1.807) is 12.1 Å². The van der Waals surface area contributed by atoms with Crippen LogP contribution in [0.2, 0.25) is 0 Å². The second-order valence-corrected chi connectivity index (χ2v) is 4.51. The van der Waals surface area contributed by atoms with Crippen molar-refractivity contribution in [3.05, 3.63) is 29.6 Å². The lowest BCUT2D eigenvalue weighted by Crippen LogP contribution is -2.23. The zero-order chi connectivity index (χ0) is 12.1. The van der Waals surface area contributed by atoms with Gasteiger partial charge in [-0.05, 0) is 25.0 Å². The van der Waals surface area contributed by atoms with Crippen LogP contribution in [0.4, 0.5) is 10.1 Å². The first-order chi connectivity index (χ1) is 8.31. The van der Waals surface area contributed by atoms with Gasteiger partial charge in [0.2, 0.25) is 0 Å². The maximum absolute atomic E-state index is 13.7. The highest BCUT2D eigenvalue weighted by Crippen LogP contribution is 2.22. The third-order valence-electron chi connectivity index (χ3n) is 3.28. The Kier molecular flexibility index (Phi) is 3.98. The summed E-state index contributed by atoms with van der Waals surface area (Å²) in [6.45, 7) is 2.02. The average Bonchev–Trinajstić information content (AvgIpc) is 2.60. The Hall–Kier alpha value is -1.56. The second-order valence-electron chi connectivity index (χ2n) is 4.51. The first-order valence-electron chi connectivity index (χ1n) is 6.21. The van der Waals surface area contributed by atoms with E-state index in [9.17, 15) is 4.39 Å². The first kappa shape index (κ1) is 11.9. The number of hydrogen-bond acceptors (Lipinski definition) is 2. The second kappa shape index (κ2) is 5.67. The molecule has 0 spiro atoms. The zero-order valence-electron chi connectivity index (χ0n) is 9.95. The van der Waals surface area contributed by atoms with Crippen molar-refractivity contribution in [1.82, 2.24) is 0 Å². The quantitative estimate of drug-likeness (QED) is 0.782. The Bertz CT molecular complexity index is 415. The van der Waals surface area contributed by atoms with Crippen LogP contribution in [0.15, 0.2) is 18.2 Å². The number of halogens is 1. The Balaban J connectivity index is 2.15. The van der Waals surface area contributed by atoms with Gasteiger partial charge in [0.15, 0.2) is 0 Å². The predicted molar refractivity (Wildman–Crippen MR) is 66.4 cm³/mol. The summed E-state index contributed by atoms with van der Waals surface area (Å²) in [7, 11) is 0. The molecule has 0 atom stereocenters. The summed E-state index contributed by atoms with van der Waals surface area (Å²) < 4.78 is 13.7. The molecule has 0 radical (unpaired) electrons. The molecule has 2 rings (SSSR count). The molecule has 1 aliphatic heterocycles. The van der Waals surface area contributed by atoms with Crippen LogP contribution in [0.3, 0.4) is 0 Å². The monoisotopic (exact) mass is 232 g/mol. The Morgan fingerprint density at radius 2 is 1.88 bits per heavy atom. The van der Waals surface area contributed by atoms with Crippen LogP contribution in [0.25, 0.3) is 0 Å². The van der Waals surface area contributed by atoms with Gasteiger partial charge >= 0.3 is 0 Å². The van der Waals surface area contributed by atoms with Crippen molar-refractivity contribution in [3.8, 4) is 6.07 Å². The van der Waals surface area contributed by atoms with Crippen LogP contribution < -0.4 is 4.90 Å². The third-order valence-corrected chi connectivity index (χ3v) is 3.28. The predicted octanol–water partition coefficient (Wildman–Crippen LogP) is 3.27. The van der Waals surface area contributed by atoms with Crippen molar-refractivity contribution < 1.29 is 4.39 Å². The lowest BCUT2D eigenvalue weighted by atomic mass is 10.1. The molecule has 2 nitrogen and oxygen atoms in total. The molecule has 1 aromatic carbocycles. The fourth-order valence-electron chi connectivity index (χ4n) is 2.29. The van der Waals surface area contributed by atoms with Gasteiger partial charge in [-0.15, -0.1) is 0 Å². The van der Waals surface area contributed by atoms with Crippen LogP contribution in [-0.4, -0.2) is 13.1 Å². The molecule has 90 valence electrons. The number of anilines is 1. The molecule has 0 amide bonds. The van der Waals surface area contributed by atoms with Crippen molar-refractivity contribution in [2.24, 2.45) is 0 Å². The zero-order valence-corrected chi connectivity index (χ0v) is 9.95. The van der Waals surface area contributed by atoms with Gasteiger partial charge in [0, 0.05) is 24.3 Å². The van der Waals surface area contributed by atoms with E-state index < -0.39 is 0 Å². The molecule has 0 bridgehead atoms. The molecule has 1 aliphatic rings. The molecule has 3 heteroatoms. The number of nitriles is 1. The van der Waals surface area contributed by atoms with E-state index in [2.05, 4.69) is 4.90 Å². The van der Waals surface area contributed by atoms with Crippen molar-refractivity contribution in [2.45, 2.75) is 32.1 Å². The number of nitrogens with zero attached hydrogens (tertiary/aromatic N) is 2. The van der Waals surface area contributed by atoms with Crippen LogP contribution in [-0.2, 0) is 6.42 Å². The minimum Gasteiger partial charge on any atom is -0.371 e. The van der Waals surface area contributed by atoms with Crippen molar-refractivity contribution in [2.75, 3.05) is 18.0 Å². The summed E-state index contributed by atoms with van der Waals surface area (Å²) in [5.41, 5.74) is 1.44. The van der Waals surface area contributed by atoms with Gasteiger partial charge in [0.1, 0.15) is 5.82 Å². The largest absolute Gasteiger partial charge is 0.371 e. The molecule has 0 aliphatic carbocycles. The molecule has 1 heterocycles. The van der Waals surface area contributed by atoms with E-state index in [-0.39, 0.29) is 12.2 Å². The fraction of sp³-hybridized carbons (Fsp3) is 0.500.